The van der Waals surface area contributed by atoms with Crippen LogP contribution in [0.3, 0.4) is 0 Å². The molecule has 102 valence electrons. The zero-order valence-corrected chi connectivity index (χ0v) is 10.5. The van der Waals surface area contributed by atoms with Crippen LogP contribution in [0.5, 0.6) is 0 Å². The highest BCUT2D eigenvalue weighted by molar-refractivity contribution is 6.29. The summed E-state index contributed by atoms with van der Waals surface area (Å²) in [4.78, 5) is 3.84. The Hall–Kier alpha value is -2.15. The maximum atomic E-state index is 12.7. The molecule has 0 unspecified atom stereocenters. The van der Waals surface area contributed by atoms with Crippen LogP contribution in [0.1, 0.15) is 5.56 Å². The van der Waals surface area contributed by atoms with Crippen molar-refractivity contribution < 1.29 is 13.2 Å². The summed E-state index contributed by atoms with van der Waals surface area (Å²) in [5, 5.41) is 7.93. The van der Waals surface area contributed by atoms with Gasteiger partial charge < -0.3 is 0 Å². The molecule has 0 aliphatic carbocycles. The molecule has 2 aromatic heterocycles. The van der Waals surface area contributed by atoms with E-state index in [1.165, 1.54) is 28.9 Å². The van der Waals surface area contributed by atoms with Crippen LogP contribution in [0, 0.1) is 0 Å². The first-order valence-electron chi connectivity index (χ1n) is 5.49. The Balaban J connectivity index is 2.22. The first-order valence-corrected chi connectivity index (χ1v) is 5.87. The molecule has 20 heavy (non-hydrogen) atoms. The van der Waals surface area contributed by atoms with Gasteiger partial charge in [0, 0.05) is 5.56 Å². The van der Waals surface area contributed by atoms with Crippen molar-refractivity contribution in [3.8, 4) is 11.4 Å². The van der Waals surface area contributed by atoms with Crippen molar-refractivity contribution in [1.82, 2.24) is 19.6 Å². The molecule has 8 heteroatoms. The molecular formula is C12H6ClF3N4. The minimum atomic E-state index is -4.41. The van der Waals surface area contributed by atoms with Gasteiger partial charge >= 0.3 is 6.18 Å². The lowest BCUT2D eigenvalue weighted by Crippen LogP contribution is -2.05. The van der Waals surface area contributed by atoms with Gasteiger partial charge in [0.2, 0.25) is 0 Å². The predicted octanol–water partition coefficient (Wildman–Crippen LogP) is 3.46. The molecule has 1 aromatic carbocycles. The van der Waals surface area contributed by atoms with Gasteiger partial charge in [-0.3, -0.25) is 9.38 Å². The number of hydrogen-bond donors (Lipinski definition) is 0. The van der Waals surface area contributed by atoms with E-state index in [1.807, 2.05) is 0 Å². The summed E-state index contributed by atoms with van der Waals surface area (Å²) in [5.74, 6) is 0.235. The third-order valence-corrected chi connectivity index (χ3v) is 2.99. The fourth-order valence-electron chi connectivity index (χ4n) is 1.84. The third-order valence-electron chi connectivity index (χ3n) is 2.72. The molecular weight excluding hydrogens is 293 g/mol. The molecule has 0 fully saturated rings. The van der Waals surface area contributed by atoms with E-state index in [4.69, 9.17) is 11.6 Å². The Bertz CT molecular complexity index is 782. The average Bonchev–Trinajstić information content (AvgIpc) is 2.83. The largest absolute Gasteiger partial charge is 0.416 e. The van der Waals surface area contributed by atoms with Crippen LogP contribution in [-0.4, -0.2) is 19.6 Å². The summed E-state index contributed by atoms with van der Waals surface area (Å²) in [6, 6.07) is 4.83. The maximum Gasteiger partial charge on any atom is 0.416 e. The van der Waals surface area contributed by atoms with Gasteiger partial charge in [0.05, 0.1) is 18.0 Å². The third kappa shape index (κ3) is 2.09. The Morgan fingerprint density at radius 1 is 1.10 bits per heavy atom. The SMILES string of the molecule is FC(F)(F)c1cccc(-c2nnc3cncc(Cl)n23)c1. The second-order valence-electron chi connectivity index (χ2n) is 4.03. The summed E-state index contributed by atoms with van der Waals surface area (Å²) in [6.07, 6.45) is -1.62. The quantitative estimate of drug-likeness (QED) is 0.691. The van der Waals surface area contributed by atoms with Gasteiger partial charge in [0.25, 0.3) is 0 Å². The Morgan fingerprint density at radius 3 is 2.65 bits per heavy atom. The molecule has 0 amide bonds. The highest BCUT2D eigenvalue weighted by Crippen LogP contribution is 2.32. The lowest BCUT2D eigenvalue weighted by atomic mass is 10.1. The van der Waals surface area contributed by atoms with Crippen LogP contribution in [0.15, 0.2) is 36.7 Å². The number of aromatic nitrogens is 4. The van der Waals surface area contributed by atoms with Crippen LogP contribution >= 0.6 is 11.6 Å². The summed E-state index contributed by atoms with van der Waals surface area (Å²) < 4.78 is 39.6. The van der Waals surface area contributed by atoms with Crippen molar-refractivity contribution >= 4 is 17.2 Å². The van der Waals surface area contributed by atoms with Crippen LogP contribution in [-0.2, 0) is 6.18 Å². The fourth-order valence-corrected chi connectivity index (χ4v) is 2.06. The molecule has 0 aliphatic rings. The van der Waals surface area contributed by atoms with Crippen LogP contribution in [0.4, 0.5) is 13.2 Å². The minimum absolute atomic E-state index is 0.222. The van der Waals surface area contributed by atoms with E-state index in [2.05, 4.69) is 15.2 Å². The van der Waals surface area contributed by atoms with Gasteiger partial charge in [-0.1, -0.05) is 23.7 Å². The zero-order chi connectivity index (χ0) is 14.3. The highest BCUT2D eigenvalue weighted by atomic mass is 35.5. The minimum Gasteiger partial charge on any atom is -0.262 e. The molecule has 0 saturated carbocycles. The van der Waals surface area contributed by atoms with Crippen LogP contribution in [0.25, 0.3) is 17.0 Å². The van der Waals surface area contributed by atoms with E-state index in [1.54, 1.807) is 0 Å². The zero-order valence-electron chi connectivity index (χ0n) is 9.76. The van der Waals surface area contributed by atoms with Gasteiger partial charge in [0.15, 0.2) is 11.5 Å². The van der Waals surface area contributed by atoms with E-state index in [9.17, 15) is 13.2 Å². The molecule has 4 nitrogen and oxygen atoms in total. The molecule has 0 N–H and O–H groups in total. The number of benzene rings is 1. The summed E-state index contributed by atoms with van der Waals surface area (Å²) in [6.45, 7) is 0. The molecule has 0 bridgehead atoms. The predicted molar refractivity (Wildman–Crippen MR) is 66.2 cm³/mol. The van der Waals surface area contributed by atoms with Crippen molar-refractivity contribution in [3.05, 3.63) is 47.4 Å². The van der Waals surface area contributed by atoms with Crippen molar-refractivity contribution in [2.24, 2.45) is 0 Å². The monoisotopic (exact) mass is 298 g/mol. The Labute approximate surface area is 115 Å². The van der Waals surface area contributed by atoms with Gasteiger partial charge in [0.1, 0.15) is 5.15 Å². The van der Waals surface area contributed by atoms with Crippen LogP contribution < -0.4 is 0 Å². The molecule has 3 aromatic rings. The Morgan fingerprint density at radius 2 is 1.90 bits per heavy atom. The number of rotatable bonds is 1. The molecule has 0 aliphatic heterocycles. The Kier molecular flexibility index (Phi) is 2.86. The lowest BCUT2D eigenvalue weighted by molar-refractivity contribution is -0.137. The van der Waals surface area contributed by atoms with Crippen LogP contribution in [0.2, 0.25) is 5.15 Å². The van der Waals surface area contributed by atoms with E-state index in [-0.39, 0.29) is 16.5 Å². The second-order valence-corrected chi connectivity index (χ2v) is 4.41. The first kappa shape index (κ1) is 12.9. The lowest BCUT2D eigenvalue weighted by Gasteiger charge is -2.08. The van der Waals surface area contributed by atoms with Crippen molar-refractivity contribution in [1.29, 1.82) is 0 Å². The maximum absolute atomic E-state index is 12.7. The van der Waals surface area contributed by atoms with E-state index >= 15 is 0 Å². The number of alkyl halides is 3. The number of fused-ring (bicyclic) bond motifs is 1. The molecule has 0 radical (unpaired) electrons. The van der Waals surface area contributed by atoms with Gasteiger partial charge in [-0.2, -0.15) is 13.2 Å². The van der Waals surface area contributed by atoms with Gasteiger partial charge in [-0.15, -0.1) is 10.2 Å². The number of hydrogen-bond acceptors (Lipinski definition) is 3. The normalized spacial score (nSPS) is 12.0. The average molecular weight is 299 g/mol. The standard InChI is InChI=1S/C12H6ClF3N4/c13-9-5-17-6-10-18-19-11(20(9)10)7-2-1-3-8(4-7)12(14,15)16/h1-6H. The molecule has 0 spiro atoms. The van der Waals surface area contributed by atoms with Crippen molar-refractivity contribution in [3.63, 3.8) is 0 Å². The fraction of sp³-hybridized carbons (Fsp3) is 0.0833. The summed E-state index contributed by atoms with van der Waals surface area (Å²) >= 11 is 5.98. The van der Waals surface area contributed by atoms with E-state index in [0.717, 1.165) is 12.1 Å². The molecule has 2 heterocycles. The van der Waals surface area contributed by atoms with Crippen molar-refractivity contribution in [2.75, 3.05) is 0 Å². The summed E-state index contributed by atoms with van der Waals surface area (Å²) in [5.41, 5.74) is -0.109. The number of halogens is 4. The van der Waals surface area contributed by atoms with Gasteiger partial charge in [-0.05, 0) is 12.1 Å². The summed E-state index contributed by atoms with van der Waals surface area (Å²) in [7, 11) is 0. The topological polar surface area (TPSA) is 43.1 Å². The smallest absolute Gasteiger partial charge is 0.262 e. The van der Waals surface area contributed by atoms with Crippen molar-refractivity contribution in [2.45, 2.75) is 6.18 Å². The second kappa shape index (κ2) is 4.45. The van der Waals surface area contributed by atoms with E-state index < -0.39 is 11.7 Å². The first-order chi connectivity index (χ1) is 9.47. The molecule has 0 atom stereocenters. The molecule has 3 rings (SSSR count). The molecule has 0 saturated heterocycles. The number of nitrogens with zero attached hydrogens (tertiary/aromatic N) is 4. The highest BCUT2D eigenvalue weighted by Gasteiger charge is 2.30. The van der Waals surface area contributed by atoms with E-state index in [0.29, 0.717) is 5.65 Å². The van der Waals surface area contributed by atoms with Gasteiger partial charge in [-0.25, -0.2) is 0 Å².